The first-order chi connectivity index (χ1) is 6.60. The zero-order chi connectivity index (χ0) is 10.6. The first-order valence-corrected chi connectivity index (χ1v) is 5.63. The quantitative estimate of drug-likeness (QED) is 0.679. The molecule has 1 rings (SSSR count). The zero-order valence-corrected chi connectivity index (χ0v) is 9.64. The monoisotopic (exact) mass is 198 g/mol. The number of carbonyl (C=O) groups is 1. The minimum atomic E-state index is -0.0207. The molecule has 0 aromatic rings. The fourth-order valence-electron chi connectivity index (χ4n) is 2.42. The van der Waals surface area contributed by atoms with E-state index in [1.54, 1.807) is 7.11 Å². The molecule has 0 radical (unpaired) electrons. The SMILES string of the molecule is COCCC(C)C(=O)C1(C)CCCC1. The van der Waals surface area contributed by atoms with Crippen LogP contribution < -0.4 is 0 Å². The van der Waals surface area contributed by atoms with E-state index in [2.05, 4.69) is 6.92 Å². The molecule has 2 nitrogen and oxygen atoms in total. The molecule has 0 aromatic heterocycles. The van der Waals surface area contributed by atoms with Crippen LogP contribution in [-0.4, -0.2) is 19.5 Å². The molecule has 1 aliphatic rings. The lowest BCUT2D eigenvalue weighted by Gasteiger charge is -2.25. The van der Waals surface area contributed by atoms with Crippen molar-refractivity contribution in [3.05, 3.63) is 0 Å². The third-order valence-electron chi connectivity index (χ3n) is 3.50. The highest BCUT2D eigenvalue weighted by atomic mass is 16.5. The van der Waals surface area contributed by atoms with Crippen LogP contribution in [0.1, 0.15) is 46.0 Å². The average molecular weight is 198 g/mol. The van der Waals surface area contributed by atoms with Crippen LogP contribution in [0.5, 0.6) is 0 Å². The molecule has 82 valence electrons. The topological polar surface area (TPSA) is 26.3 Å². The van der Waals surface area contributed by atoms with Gasteiger partial charge >= 0.3 is 0 Å². The summed E-state index contributed by atoms with van der Waals surface area (Å²) in [5.41, 5.74) is -0.0207. The van der Waals surface area contributed by atoms with Crippen LogP contribution in [0.25, 0.3) is 0 Å². The van der Waals surface area contributed by atoms with E-state index in [0.717, 1.165) is 19.3 Å². The molecule has 14 heavy (non-hydrogen) atoms. The second-order valence-electron chi connectivity index (χ2n) is 4.81. The fourth-order valence-corrected chi connectivity index (χ4v) is 2.42. The fraction of sp³-hybridized carbons (Fsp3) is 0.917. The maximum Gasteiger partial charge on any atom is 0.141 e. The number of hydrogen-bond donors (Lipinski definition) is 0. The molecular weight excluding hydrogens is 176 g/mol. The molecule has 1 aliphatic carbocycles. The number of hydrogen-bond acceptors (Lipinski definition) is 2. The van der Waals surface area contributed by atoms with E-state index < -0.39 is 0 Å². The van der Waals surface area contributed by atoms with Crippen LogP contribution in [0.3, 0.4) is 0 Å². The number of ketones is 1. The molecule has 0 bridgehead atoms. The summed E-state index contributed by atoms with van der Waals surface area (Å²) in [6.45, 7) is 4.86. The first-order valence-electron chi connectivity index (χ1n) is 5.63. The Kier molecular flexibility index (Phi) is 4.11. The van der Waals surface area contributed by atoms with Gasteiger partial charge in [-0.3, -0.25) is 4.79 Å². The number of Topliss-reactive ketones (excluding diaryl/α,β-unsaturated/α-hetero) is 1. The van der Waals surface area contributed by atoms with E-state index in [0.29, 0.717) is 12.4 Å². The summed E-state index contributed by atoms with van der Waals surface area (Å²) >= 11 is 0. The zero-order valence-electron chi connectivity index (χ0n) is 9.64. The molecule has 0 aliphatic heterocycles. The van der Waals surface area contributed by atoms with Crippen molar-refractivity contribution in [2.75, 3.05) is 13.7 Å². The van der Waals surface area contributed by atoms with Gasteiger partial charge in [0, 0.05) is 25.0 Å². The first kappa shape index (κ1) is 11.7. The van der Waals surface area contributed by atoms with Crippen LogP contribution in [0, 0.1) is 11.3 Å². The summed E-state index contributed by atoms with van der Waals surface area (Å²) in [6, 6.07) is 0. The maximum atomic E-state index is 12.1. The lowest BCUT2D eigenvalue weighted by atomic mass is 9.78. The molecule has 0 amide bonds. The van der Waals surface area contributed by atoms with Crippen molar-refractivity contribution in [1.29, 1.82) is 0 Å². The van der Waals surface area contributed by atoms with Crippen LogP contribution in [0.15, 0.2) is 0 Å². The molecule has 0 N–H and O–H groups in total. The molecular formula is C12H22O2. The molecule has 1 fully saturated rings. The van der Waals surface area contributed by atoms with Gasteiger partial charge in [0.1, 0.15) is 5.78 Å². The summed E-state index contributed by atoms with van der Waals surface area (Å²) in [4.78, 5) is 12.1. The normalized spacial score (nSPS) is 22.2. The third-order valence-corrected chi connectivity index (χ3v) is 3.50. The number of ether oxygens (including phenoxy) is 1. The molecule has 0 aromatic carbocycles. The van der Waals surface area contributed by atoms with Gasteiger partial charge in [0.2, 0.25) is 0 Å². The van der Waals surface area contributed by atoms with Crippen molar-refractivity contribution in [3.63, 3.8) is 0 Å². The predicted molar refractivity (Wildman–Crippen MR) is 57.2 cm³/mol. The summed E-state index contributed by atoms with van der Waals surface area (Å²) in [7, 11) is 1.69. The Morgan fingerprint density at radius 1 is 1.43 bits per heavy atom. The van der Waals surface area contributed by atoms with Crippen molar-refractivity contribution < 1.29 is 9.53 Å². The minimum Gasteiger partial charge on any atom is -0.385 e. The van der Waals surface area contributed by atoms with E-state index >= 15 is 0 Å². The Labute approximate surface area is 87.0 Å². The van der Waals surface area contributed by atoms with Gasteiger partial charge < -0.3 is 4.74 Å². The lowest BCUT2D eigenvalue weighted by Crippen LogP contribution is -2.30. The highest BCUT2D eigenvalue weighted by Gasteiger charge is 2.37. The molecule has 0 spiro atoms. The van der Waals surface area contributed by atoms with Gasteiger partial charge in [0.15, 0.2) is 0 Å². The van der Waals surface area contributed by atoms with E-state index in [1.807, 2.05) is 6.92 Å². The standard InChI is InChI=1S/C12H22O2/c1-10(6-9-14-3)11(13)12(2)7-4-5-8-12/h10H,4-9H2,1-3H3. The van der Waals surface area contributed by atoms with Crippen molar-refractivity contribution in [3.8, 4) is 0 Å². The summed E-state index contributed by atoms with van der Waals surface area (Å²) in [6.07, 6.45) is 5.48. The summed E-state index contributed by atoms with van der Waals surface area (Å²) in [5.74, 6) is 0.616. The number of rotatable bonds is 5. The summed E-state index contributed by atoms with van der Waals surface area (Å²) < 4.78 is 5.01. The molecule has 1 saturated carbocycles. The van der Waals surface area contributed by atoms with Gasteiger partial charge in [0.25, 0.3) is 0 Å². The van der Waals surface area contributed by atoms with Crippen molar-refractivity contribution in [2.45, 2.75) is 46.0 Å². The Bertz CT molecular complexity index is 192. The van der Waals surface area contributed by atoms with Gasteiger partial charge in [-0.25, -0.2) is 0 Å². The Morgan fingerprint density at radius 2 is 2.00 bits per heavy atom. The lowest BCUT2D eigenvalue weighted by molar-refractivity contribution is -0.131. The highest BCUT2D eigenvalue weighted by Crippen LogP contribution is 2.40. The highest BCUT2D eigenvalue weighted by molar-refractivity contribution is 5.86. The van der Waals surface area contributed by atoms with Gasteiger partial charge in [0.05, 0.1) is 0 Å². The smallest absolute Gasteiger partial charge is 0.141 e. The van der Waals surface area contributed by atoms with Crippen molar-refractivity contribution in [1.82, 2.24) is 0 Å². The van der Waals surface area contributed by atoms with E-state index in [9.17, 15) is 4.79 Å². The Hall–Kier alpha value is -0.370. The molecule has 2 heteroatoms. The van der Waals surface area contributed by atoms with Crippen molar-refractivity contribution in [2.24, 2.45) is 11.3 Å². The third kappa shape index (κ3) is 2.57. The molecule has 0 saturated heterocycles. The number of carbonyl (C=O) groups excluding carboxylic acids is 1. The van der Waals surface area contributed by atoms with Gasteiger partial charge in [-0.1, -0.05) is 26.7 Å². The maximum absolute atomic E-state index is 12.1. The van der Waals surface area contributed by atoms with Crippen LogP contribution in [-0.2, 0) is 9.53 Å². The second-order valence-corrected chi connectivity index (χ2v) is 4.81. The van der Waals surface area contributed by atoms with E-state index in [-0.39, 0.29) is 11.3 Å². The predicted octanol–water partition coefficient (Wildman–Crippen LogP) is 2.81. The molecule has 0 heterocycles. The molecule has 1 atom stereocenters. The second kappa shape index (κ2) is 4.92. The van der Waals surface area contributed by atoms with Crippen LogP contribution >= 0.6 is 0 Å². The Balaban J connectivity index is 2.46. The van der Waals surface area contributed by atoms with E-state index in [1.165, 1.54) is 12.8 Å². The van der Waals surface area contributed by atoms with Crippen LogP contribution in [0.4, 0.5) is 0 Å². The van der Waals surface area contributed by atoms with Gasteiger partial charge in [-0.15, -0.1) is 0 Å². The summed E-state index contributed by atoms with van der Waals surface area (Å²) in [5, 5.41) is 0. The van der Waals surface area contributed by atoms with Crippen molar-refractivity contribution >= 4 is 5.78 Å². The van der Waals surface area contributed by atoms with E-state index in [4.69, 9.17) is 4.74 Å². The average Bonchev–Trinajstić information content (AvgIpc) is 2.61. The van der Waals surface area contributed by atoms with Crippen LogP contribution in [0.2, 0.25) is 0 Å². The van der Waals surface area contributed by atoms with Gasteiger partial charge in [-0.05, 0) is 19.3 Å². The van der Waals surface area contributed by atoms with Gasteiger partial charge in [-0.2, -0.15) is 0 Å². The minimum absolute atomic E-state index is 0.0207. The Morgan fingerprint density at radius 3 is 2.50 bits per heavy atom. The largest absolute Gasteiger partial charge is 0.385 e. The molecule has 1 unspecified atom stereocenters. The number of methoxy groups -OCH3 is 1.